The molecule has 0 atom stereocenters. The molecule has 0 saturated heterocycles. The minimum atomic E-state index is -0.261. The second-order valence-corrected chi connectivity index (χ2v) is 13.7. The Balaban J connectivity index is 1.30. The molecule has 0 aliphatic rings. The van der Waals surface area contributed by atoms with Crippen molar-refractivity contribution in [3.8, 4) is 50.6 Å². The van der Waals surface area contributed by atoms with Crippen molar-refractivity contribution in [1.82, 2.24) is 14.5 Å². The van der Waals surface area contributed by atoms with E-state index in [0.29, 0.717) is 0 Å². The molecule has 3 heterocycles. The Bertz CT molecular complexity index is 2850. The Morgan fingerprint density at radius 1 is 0.471 bits per heavy atom. The summed E-state index contributed by atoms with van der Waals surface area (Å²) < 4.78 is 17.4. The van der Waals surface area contributed by atoms with Crippen LogP contribution in [0, 0.1) is 5.82 Å². The second-order valence-electron chi connectivity index (χ2n) is 12.7. The number of rotatable bonds is 5. The number of thiophene rings is 1. The van der Waals surface area contributed by atoms with E-state index in [2.05, 4.69) is 144 Å². The molecule has 0 amide bonds. The Morgan fingerprint density at radius 3 is 1.78 bits per heavy atom. The molecule has 0 bridgehead atoms. The van der Waals surface area contributed by atoms with Crippen LogP contribution < -0.4 is 0 Å². The van der Waals surface area contributed by atoms with E-state index in [4.69, 9.17) is 9.97 Å². The van der Waals surface area contributed by atoms with Gasteiger partial charge in [-0.1, -0.05) is 127 Å². The van der Waals surface area contributed by atoms with Crippen molar-refractivity contribution >= 4 is 53.4 Å². The Morgan fingerprint density at radius 2 is 1.06 bits per heavy atom. The van der Waals surface area contributed by atoms with Crippen molar-refractivity contribution in [2.24, 2.45) is 0 Å². The van der Waals surface area contributed by atoms with Gasteiger partial charge in [0.25, 0.3) is 0 Å². The first-order valence-corrected chi connectivity index (χ1v) is 17.8. The van der Waals surface area contributed by atoms with Gasteiger partial charge in [-0.25, -0.2) is 14.4 Å². The molecule has 0 aliphatic heterocycles. The third-order valence-electron chi connectivity index (χ3n) is 9.71. The number of hydrogen-bond acceptors (Lipinski definition) is 3. The van der Waals surface area contributed by atoms with Gasteiger partial charge in [0, 0.05) is 43.1 Å². The third kappa shape index (κ3) is 4.78. The maximum atomic E-state index is 14.0. The normalized spacial score (nSPS) is 11.6. The lowest BCUT2D eigenvalue weighted by Crippen LogP contribution is -2.03. The third-order valence-corrected chi connectivity index (χ3v) is 10.8. The molecule has 10 rings (SSSR count). The van der Waals surface area contributed by atoms with Gasteiger partial charge in [-0.3, -0.25) is 4.57 Å². The zero-order valence-electron chi connectivity index (χ0n) is 27.3. The van der Waals surface area contributed by atoms with Crippen LogP contribution in [0.25, 0.3) is 92.7 Å². The summed E-state index contributed by atoms with van der Waals surface area (Å²) in [5.74, 6) is 0.611. The van der Waals surface area contributed by atoms with Gasteiger partial charge in [-0.2, -0.15) is 0 Å². The summed E-state index contributed by atoms with van der Waals surface area (Å²) in [5.41, 5.74) is 10.4. The van der Waals surface area contributed by atoms with Gasteiger partial charge in [0.05, 0.1) is 22.4 Å². The number of pyridine rings is 1. The molecule has 3 aromatic heterocycles. The van der Waals surface area contributed by atoms with Crippen molar-refractivity contribution < 1.29 is 4.39 Å². The topological polar surface area (TPSA) is 30.7 Å². The van der Waals surface area contributed by atoms with Crippen LogP contribution in [0.5, 0.6) is 0 Å². The molecule has 0 aliphatic carbocycles. The number of aromatic nitrogens is 3. The number of halogens is 1. The number of hydrogen-bond donors (Lipinski definition) is 0. The SMILES string of the molecule is Fc1ccc(-c2nc3sc4c(-c5nc6ccccc6n5-c5c(-c6ccccc6)cccc5-c5ccccc5)cccc4c3c3ccccc23)cc1. The Hall–Kier alpha value is -6.43. The average molecular weight is 674 g/mol. The van der Waals surface area contributed by atoms with Gasteiger partial charge in [-0.05, 0) is 59.0 Å². The predicted molar refractivity (Wildman–Crippen MR) is 211 cm³/mol. The number of nitrogens with zero attached hydrogens (tertiary/aromatic N) is 3. The first kappa shape index (κ1) is 29.5. The molecule has 0 radical (unpaired) electrons. The van der Waals surface area contributed by atoms with E-state index in [1.807, 2.05) is 18.2 Å². The van der Waals surface area contributed by atoms with Crippen LogP contribution in [0.1, 0.15) is 0 Å². The lowest BCUT2D eigenvalue weighted by molar-refractivity contribution is 0.628. The molecular weight excluding hydrogens is 646 g/mol. The van der Waals surface area contributed by atoms with E-state index in [1.54, 1.807) is 11.3 Å². The largest absolute Gasteiger partial charge is 0.291 e. The molecule has 0 N–H and O–H groups in total. The zero-order chi connectivity index (χ0) is 33.9. The van der Waals surface area contributed by atoms with Crippen molar-refractivity contribution in [3.63, 3.8) is 0 Å². The van der Waals surface area contributed by atoms with Crippen LogP contribution in [0.15, 0.2) is 170 Å². The van der Waals surface area contributed by atoms with Crippen molar-refractivity contribution in [2.75, 3.05) is 0 Å². The summed E-state index contributed by atoms with van der Waals surface area (Å²) in [6, 6.07) is 57.7. The van der Waals surface area contributed by atoms with Crippen LogP contribution >= 0.6 is 11.3 Å². The highest BCUT2D eigenvalue weighted by Crippen LogP contribution is 2.46. The van der Waals surface area contributed by atoms with Crippen molar-refractivity contribution in [1.29, 1.82) is 0 Å². The average Bonchev–Trinajstić information content (AvgIpc) is 3.77. The smallest absolute Gasteiger partial charge is 0.147 e. The molecule has 0 fully saturated rings. The standard InChI is InChI=1S/C46H28FN3S/c47-32-27-25-31(26-28-32)42-36-18-8-7-17-35(36)41-37-21-12-22-38(44(37)51-46(41)49-42)45-48-39-23-9-10-24-40(39)50(45)43-33(29-13-3-1-4-14-29)19-11-20-34(43)30-15-5-2-6-16-30/h1-28H. The summed E-state index contributed by atoms with van der Waals surface area (Å²) in [6.07, 6.45) is 0. The Labute approximate surface area is 297 Å². The molecule has 0 unspecified atom stereocenters. The lowest BCUT2D eigenvalue weighted by Gasteiger charge is -2.20. The van der Waals surface area contributed by atoms with E-state index in [0.717, 1.165) is 92.7 Å². The van der Waals surface area contributed by atoms with Crippen molar-refractivity contribution in [3.05, 3.63) is 176 Å². The molecule has 240 valence electrons. The lowest BCUT2D eigenvalue weighted by atomic mass is 9.95. The monoisotopic (exact) mass is 673 g/mol. The first-order valence-electron chi connectivity index (χ1n) is 16.9. The van der Waals surface area contributed by atoms with E-state index >= 15 is 0 Å². The molecule has 10 aromatic rings. The summed E-state index contributed by atoms with van der Waals surface area (Å²) in [4.78, 5) is 11.6. The van der Waals surface area contributed by atoms with Gasteiger partial charge in [0.15, 0.2) is 0 Å². The van der Waals surface area contributed by atoms with Crippen LogP contribution in [0.4, 0.5) is 4.39 Å². The second kappa shape index (κ2) is 11.9. The number of benzene rings is 7. The highest BCUT2D eigenvalue weighted by Gasteiger charge is 2.24. The molecule has 0 spiro atoms. The molecular formula is C46H28FN3S. The number of fused-ring (bicyclic) bond motifs is 6. The van der Waals surface area contributed by atoms with E-state index in [-0.39, 0.29) is 5.82 Å². The van der Waals surface area contributed by atoms with Crippen molar-refractivity contribution in [2.45, 2.75) is 0 Å². The zero-order valence-corrected chi connectivity index (χ0v) is 28.1. The van der Waals surface area contributed by atoms with Gasteiger partial charge < -0.3 is 0 Å². The highest BCUT2D eigenvalue weighted by molar-refractivity contribution is 7.26. The summed E-state index contributed by atoms with van der Waals surface area (Å²) in [7, 11) is 0. The Kier molecular flexibility index (Phi) is 6.86. The molecule has 3 nitrogen and oxygen atoms in total. The van der Waals surface area contributed by atoms with E-state index in [9.17, 15) is 4.39 Å². The summed E-state index contributed by atoms with van der Waals surface area (Å²) in [5, 5.41) is 4.42. The van der Waals surface area contributed by atoms with E-state index < -0.39 is 0 Å². The minimum Gasteiger partial charge on any atom is -0.291 e. The minimum absolute atomic E-state index is 0.261. The van der Waals surface area contributed by atoms with Gasteiger partial charge in [-0.15, -0.1) is 11.3 Å². The van der Waals surface area contributed by atoms with Crippen LogP contribution in [-0.2, 0) is 0 Å². The summed E-state index contributed by atoms with van der Waals surface area (Å²) in [6.45, 7) is 0. The fraction of sp³-hybridized carbons (Fsp3) is 0. The highest BCUT2D eigenvalue weighted by atomic mass is 32.1. The predicted octanol–water partition coefficient (Wildman–Crippen LogP) is 12.7. The number of para-hydroxylation sites is 3. The molecule has 7 aromatic carbocycles. The fourth-order valence-electron chi connectivity index (χ4n) is 7.44. The van der Waals surface area contributed by atoms with Gasteiger partial charge >= 0.3 is 0 Å². The maximum absolute atomic E-state index is 14.0. The fourth-order valence-corrected chi connectivity index (χ4v) is 8.64. The number of imidazole rings is 1. The van der Waals surface area contributed by atoms with Crippen LogP contribution in [0.2, 0.25) is 0 Å². The van der Waals surface area contributed by atoms with Gasteiger partial charge in [0.1, 0.15) is 16.5 Å². The van der Waals surface area contributed by atoms with Crippen LogP contribution in [0.3, 0.4) is 0 Å². The maximum Gasteiger partial charge on any atom is 0.147 e. The first-order chi connectivity index (χ1) is 25.2. The molecule has 5 heteroatoms. The van der Waals surface area contributed by atoms with E-state index in [1.165, 1.54) is 12.1 Å². The molecule has 0 saturated carbocycles. The quantitative estimate of drug-likeness (QED) is 0.182. The van der Waals surface area contributed by atoms with Crippen LogP contribution in [-0.4, -0.2) is 14.5 Å². The summed E-state index contributed by atoms with van der Waals surface area (Å²) >= 11 is 1.69. The molecule has 51 heavy (non-hydrogen) atoms. The van der Waals surface area contributed by atoms with Gasteiger partial charge in [0.2, 0.25) is 0 Å².